The average Bonchev–Trinajstić information content (AvgIpc) is 2.74. The molecule has 0 saturated carbocycles. The molecule has 0 bridgehead atoms. The van der Waals surface area contributed by atoms with Crippen molar-refractivity contribution in [3.8, 4) is 0 Å². The van der Waals surface area contributed by atoms with Gasteiger partial charge in [-0.25, -0.2) is 0 Å². The van der Waals surface area contributed by atoms with Crippen LogP contribution in [0.25, 0.3) is 0 Å². The molecule has 2 rings (SSSR count). The van der Waals surface area contributed by atoms with Crippen molar-refractivity contribution in [3.05, 3.63) is 71.8 Å². The second-order valence-electron chi connectivity index (χ2n) is 6.93. The summed E-state index contributed by atoms with van der Waals surface area (Å²) in [6, 6.07) is 12.6. The standard InChI is InChI=1S/C21H20F6N2O2/c1-13(15-9-5-3-6-10-15)28-17(30)19(22,23)21(26,27)20(24,25)18(31)29-14(2)16-11-7-4-8-12-16/h3-14H,1-2H3,(H,28,30)(H,29,31). The maximum Gasteiger partial charge on any atom is 0.393 e. The van der Waals surface area contributed by atoms with E-state index in [-0.39, 0.29) is 11.1 Å². The third-order valence-corrected chi connectivity index (χ3v) is 4.65. The number of alkyl halides is 6. The largest absolute Gasteiger partial charge is 0.393 e. The van der Waals surface area contributed by atoms with Gasteiger partial charge in [0.25, 0.3) is 11.8 Å². The zero-order chi connectivity index (χ0) is 23.4. The van der Waals surface area contributed by atoms with Crippen LogP contribution in [0.4, 0.5) is 26.3 Å². The quantitative estimate of drug-likeness (QED) is 0.581. The van der Waals surface area contributed by atoms with Crippen molar-refractivity contribution in [2.24, 2.45) is 0 Å². The van der Waals surface area contributed by atoms with E-state index in [1.54, 1.807) is 22.8 Å². The predicted molar refractivity (Wildman–Crippen MR) is 101 cm³/mol. The summed E-state index contributed by atoms with van der Waals surface area (Å²) in [6.07, 6.45) is 0. The zero-order valence-corrected chi connectivity index (χ0v) is 16.5. The Morgan fingerprint density at radius 1 is 0.645 bits per heavy atom. The molecule has 2 aromatic carbocycles. The first-order chi connectivity index (χ1) is 14.3. The number of amides is 2. The summed E-state index contributed by atoms with van der Waals surface area (Å²) in [4.78, 5) is 23.6. The molecule has 2 aromatic rings. The highest BCUT2D eigenvalue weighted by molar-refractivity contribution is 5.90. The Labute approximate surface area is 174 Å². The smallest absolute Gasteiger partial charge is 0.344 e. The minimum atomic E-state index is -6.29. The highest BCUT2D eigenvalue weighted by atomic mass is 19.3. The van der Waals surface area contributed by atoms with E-state index in [9.17, 15) is 35.9 Å². The molecule has 2 N–H and O–H groups in total. The van der Waals surface area contributed by atoms with Gasteiger partial charge in [0.1, 0.15) is 0 Å². The lowest BCUT2D eigenvalue weighted by atomic mass is 10.0. The molecule has 4 nitrogen and oxygen atoms in total. The van der Waals surface area contributed by atoms with Crippen LogP contribution >= 0.6 is 0 Å². The van der Waals surface area contributed by atoms with Crippen LogP contribution in [0.5, 0.6) is 0 Å². The highest BCUT2D eigenvalue weighted by Gasteiger charge is 2.78. The number of rotatable bonds is 8. The monoisotopic (exact) mass is 446 g/mol. The van der Waals surface area contributed by atoms with Gasteiger partial charge in [-0.15, -0.1) is 0 Å². The topological polar surface area (TPSA) is 58.2 Å². The van der Waals surface area contributed by atoms with Crippen molar-refractivity contribution < 1.29 is 35.9 Å². The minimum absolute atomic E-state index is 0.288. The second-order valence-corrected chi connectivity index (χ2v) is 6.93. The van der Waals surface area contributed by atoms with Gasteiger partial charge in [-0.2, -0.15) is 26.3 Å². The number of benzene rings is 2. The van der Waals surface area contributed by atoms with Crippen LogP contribution < -0.4 is 10.6 Å². The SMILES string of the molecule is CC(NC(=O)C(F)(F)C(F)(F)C(F)(F)C(=O)NC(C)c1ccccc1)c1ccccc1. The molecule has 0 heterocycles. The number of carbonyl (C=O) groups excluding carboxylic acids is 2. The van der Waals surface area contributed by atoms with Gasteiger partial charge in [0.2, 0.25) is 0 Å². The molecule has 2 amide bonds. The van der Waals surface area contributed by atoms with Gasteiger partial charge in [0, 0.05) is 0 Å². The normalized spacial score (nSPS) is 14.5. The molecule has 0 aliphatic carbocycles. The third kappa shape index (κ3) is 4.83. The zero-order valence-electron chi connectivity index (χ0n) is 16.5. The molecule has 168 valence electrons. The van der Waals surface area contributed by atoms with Crippen LogP contribution in [-0.2, 0) is 9.59 Å². The fourth-order valence-corrected chi connectivity index (χ4v) is 2.71. The molecule has 2 atom stereocenters. The Balaban J connectivity index is 2.18. The highest BCUT2D eigenvalue weighted by Crippen LogP contribution is 2.46. The Bertz CT molecular complexity index is 833. The van der Waals surface area contributed by atoms with Crippen LogP contribution in [0, 0.1) is 0 Å². The van der Waals surface area contributed by atoms with Crippen LogP contribution in [0.3, 0.4) is 0 Å². The van der Waals surface area contributed by atoms with Crippen LogP contribution in [0.1, 0.15) is 37.1 Å². The summed E-state index contributed by atoms with van der Waals surface area (Å²) in [6.45, 7) is 2.43. The first-order valence-electron chi connectivity index (χ1n) is 9.17. The van der Waals surface area contributed by atoms with E-state index in [1.165, 1.54) is 62.4 Å². The number of hydrogen-bond acceptors (Lipinski definition) is 2. The summed E-state index contributed by atoms with van der Waals surface area (Å²) < 4.78 is 85.0. The number of carbonyl (C=O) groups is 2. The summed E-state index contributed by atoms with van der Waals surface area (Å²) in [5, 5.41) is 3.17. The molecule has 0 aromatic heterocycles. The maximum atomic E-state index is 14.2. The average molecular weight is 446 g/mol. The van der Waals surface area contributed by atoms with Crippen molar-refractivity contribution in [1.82, 2.24) is 10.6 Å². The Morgan fingerprint density at radius 2 is 0.935 bits per heavy atom. The van der Waals surface area contributed by atoms with Crippen LogP contribution in [-0.4, -0.2) is 29.6 Å². The van der Waals surface area contributed by atoms with Gasteiger partial charge in [0.05, 0.1) is 12.1 Å². The molecule has 31 heavy (non-hydrogen) atoms. The van der Waals surface area contributed by atoms with Gasteiger partial charge in [-0.3, -0.25) is 9.59 Å². The van der Waals surface area contributed by atoms with Crippen molar-refractivity contribution in [3.63, 3.8) is 0 Å². The maximum absolute atomic E-state index is 14.2. The summed E-state index contributed by atoms with van der Waals surface area (Å²) in [5.74, 6) is -23.3. The lowest BCUT2D eigenvalue weighted by Crippen LogP contribution is -2.65. The summed E-state index contributed by atoms with van der Waals surface area (Å²) in [7, 11) is 0. The lowest BCUT2D eigenvalue weighted by Gasteiger charge is -2.32. The van der Waals surface area contributed by atoms with Crippen molar-refractivity contribution >= 4 is 11.8 Å². The fraction of sp³-hybridized carbons (Fsp3) is 0.333. The van der Waals surface area contributed by atoms with Gasteiger partial charge in [-0.1, -0.05) is 60.7 Å². The summed E-state index contributed by atoms with van der Waals surface area (Å²) in [5.41, 5.74) is 0.576. The molecule has 0 fully saturated rings. The van der Waals surface area contributed by atoms with Crippen LogP contribution in [0.2, 0.25) is 0 Å². The van der Waals surface area contributed by atoms with E-state index >= 15 is 0 Å². The summed E-state index contributed by atoms with van der Waals surface area (Å²) >= 11 is 0. The molecule has 0 radical (unpaired) electrons. The second kappa shape index (κ2) is 8.99. The molecule has 2 unspecified atom stereocenters. The van der Waals surface area contributed by atoms with Gasteiger partial charge < -0.3 is 10.6 Å². The molecular weight excluding hydrogens is 426 g/mol. The van der Waals surface area contributed by atoms with Crippen LogP contribution in [0.15, 0.2) is 60.7 Å². The predicted octanol–water partition coefficient (Wildman–Crippen LogP) is 4.65. The molecule has 0 aliphatic rings. The first-order valence-corrected chi connectivity index (χ1v) is 9.17. The van der Waals surface area contributed by atoms with Gasteiger partial charge >= 0.3 is 17.8 Å². The van der Waals surface area contributed by atoms with Crippen molar-refractivity contribution in [2.45, 2.75) is 43.7 Å². The molecule has 0 aliphatic heterocycles. The molecular formula is C21H20F6N2O2. The minimum Gasteiger partial charge on any atom is -0.344 e. The van der Waals surface area contributed by atoms with Gasteiger partial charge in [-0.05, 0) is 25.0 Å². The fourth-order valence-electron chi connectivity index (χ4n) is 2.71. The van der Waals surface area contributed by atoms with Crippen molar-refractivity contribution in [2.75, 3.05) is 0 Å². The van der Waals surface area contributed by atoms with E-state index in [2.05, 4.69) is 0 Å². The lowest BCUT2D eigenvalue weighted by molar-refractivity contribution is -0.287. The Morgan fingerprint density at radius 3 is 1.23 bits per heavy atom. The van der Waals surface area contributed by atoms with E-state index in [4.69, 9.17) is 0 Å². The Hall–Kier alpha value is -3.04. The van der Waals surface area contributed by atoms with E-state index in [0.717, 1.165) is 0 Å². The van der Waals surface area contributed by atoms with E-state index in [0.29, 0.717) is 0 Å². The van der Waals surface area contributed by atoms with E-state index < -0.39 is 41.7 Å². The van der Waals surface area contributed by atoms with E-state index in [1.807, 2.05) is 0 Å². The van der Waals surface area contributed by atoms with Gasteiger partial charge in [0.15, 0.2) is 0 Å². The first kappa shape index (κ1) is 24.2. The third-order valence-electron chi connectivity index (χ3n) is 4.65. The molecule has 10 heteroatoms. The number of halogens is 6. The number of hydrogen-bond donors (Lipinski definition) is 2. The molecule has 0 saturated heterocycles. The Kier molecular flexibility index (Phi) is 7.03. The number of nitrogens with one attached hydrogen (secondary N) is 2. The van der Waals surface area contributed by atoms with Crippen molar-refractivity contribution in [1.29, 1.82) is 0 Å². The molecule has 0 spiro atoms.